The molecule has 0 saturated carbocycles. The van der Waals surface area contributed by atoms with E-state index < -0.39 is 6.10 Å². The van der Waals surface area contributed by atoms with Crippen LogP contribution in [0, 0.1) is 5.92 Å². The Morgan fingerprint density at radius 2 is 2.28 bits per heavy atom. The summed E-state index contributed by atoms with van der Waals surface area (Å²) in [4.78, 5) is 13.9. The lowest BCUT2D eigenvalue weighted by atomic mass is 10.0. The highest BCUT2D eigenvalue weighted by atomic mass is 32.2. The Hall–Kier alpha value is -0.390. The maximum Gasteiger partial charge on any atom is 0.231 e. The van der Waals surface area contributed by atoms with Crippen LogP contribution in [-0.4, -0.2) is 38.1 Å². The summed E-state index contributed by atoms with van der Waals surface area (Å²) in [5.74, 6) is 1.17. The van der Waals surface area contributed by atoms with Gasteiger partial charge < -0.3 is 5.11 Å². The van der Waals surface area contributed by atoms with E-state index in [4.69, 9.17) is 12.2 Å². The van der Waals surface area contributed by atoms with Crippen LogP contribution in [0.15, 0.2) is 11.6 Å². The third-order valence-electron chi connectivity index (χ3n) is 3.29. The van der Waals surface area contributed by atoms with Crippen LogP contribution in [0.5, 0.6) is 0 Å². The van der Waals surface area contributed by atoms with Crippen LogP contribution in [0.4, 0.5) is 0 Å². The number of carbonyl (C=O) groups is 1. The average Bonchev–Trinajstić information content (AvgIpc) is 2.69. The number of rotatable bonds is 4. The van der Waals surface area contributed by atoms with E-state index in [1.807, 2.05) is 19.9 Å². The Morgan fingerprint density at radius 1 is 1.67 bits per heavy atom. The molecule has 0 aromatic carbocycles. The minimum absolute atomic E-state index is 0.0719. The molecule has 1 saturated heterocycles. The smallest absolute Gasteiger partial charge is 0.231 e. The Balaban J connectivity index is 2.73. The number of thiocarbonyl (C=S) groups is 1. The second kappa shape index (κ2) is 6.68. The molecule has 1 fully saturated rings. The molecule has 0 bridgehead atoms. The topological polar surface area (TPSA) is 40.5 Å². The van der Waals surface area contributed by atoms with Gasteiger partial charge in [-0.25, -0.2) is 0 Å². The van der Waals surface area contributed by atoms with Crippen LogP contribution < -0.4 is 0 Å². The first-order valence-electron chi connectivity index (χ1n) is 6.18. The van der Waals surface area contributed by atoms with E-state index in [9.17, 15) is 9.90 Å². The molecule has 0 radical (unpaired) electrons. The van der Waals surface area contributed by atoms with Crippen LogP contribution >= 0.6 is 24.0 Å². The van der Waals surface area contributed by atoms with Crippen molar-refractivity contribution < 1.29 is 9.90 Å². The van der Waals surface area contributed by atoms with Crippen molar-refractivity contribution in [3.05, 3.63) is 11.6 Å². The van der Waals surface area contributed by atoms with Crippen molar-refractivity contribution in [2.24, 2.45) is 5.92 Å². The predicted molar refractivity (Wildman–Crippen MR) is 80.6 cm³/mol. The molecule has 1 aliphatic rings. The Bertz CT molecular complexity index is 366. The first-order chi connectivity index (χ1) is 8.38. The Labute approximate surface area is 119 Å². The van der Waals surface area contributed by atoms with Gasteiger partial charge in [-0.1, -0.05) is 43.9 Å². The molecule has 2 atom stereocenters. The summed E-state index contributed by atoms with van der Waals surface area (Å²) in [6.45, 7) is 7.87. The summed E-state index contributed by atoms with van der Waals surface area (Å²) < 4.78 is 0.643. The second-order valence-electron chi connectivity index (χ2n) is 4.90. The lowest BCUT2D eigenvalue weighted by molar-refractivity contribution is -0.130. The molecule has 102 valence electrons. The van der Waals surface area contributed by atoms with Gasteiger partial charge in [0.15, 0.2) is 0 Å². The van der Waals surface area contributed by atoms with Crippen molar-refractivity contribution in [3.63, 3.8) is 0 Å². The SMILES string of the molecule is C/C=C(/C)C(O)CC(=O)N1C(=S)SC[C@@H]1C(C)C. The van der Waals surface area contributed by atoms with E-state index >= 15 is 0 Å². The van der Waals surface area contributed by atoms with E-state index in [-0.39, 0.29) is 18.4 Å². The van der Waals surface area contributed by atoms with Crippen LogP contribution in [0.1, 0.15) is 34.1 Å². The quantitative estimate of drug-likeness (QED) is 0.637. The summed E-state index contributed by atoms with van der Waals surface area (Å²) in [6, 6.07) is 0.160. The number of aliphatic hydroxyl groups excluding tert-OH is 1. The maximum absolute atomic E-state index is 12.2. The molecule has 1 amide bonds. The summed E-state index contributed by atoms with van der Waals surface area (Å²) in [7, 11) is 0. The van der Waals surface area contributed by atoms with Gasteiger partial charge in [-0.15, -0.1) is 0 Å². The molecule has 0 aliphatic carbocycles. The lowest BCUT2D eigenvalue weighted by Gasteiger charge is -2.27. The van der Waals surface area contributed by atoms with E-state index in [1.54, 1.807) is 16.7 Å². The number of hydrogen-bond donors (Lipinski definition) is 1. The molecule has 0 aromatic rings. The van der Waals surface area contributed by atoms with Gasteiger partial charge >= 0.3 is 0 Å². The van der Waals surface area contributed by atoms with Gasteiger partial charge in [-0.05, 0) is 25.3 Å². The highest BCUT2D eigenvalue weighted by Crippen LogP contribution is 2.29. The minimum atomic E-state index is -0.705. The molecule has 3 nitrogen and oxygen atoms in total. The van der Waals surface area contributed by atoms with Gasteiger partial charge in [0.2, 0.25) is 5.91 Å². The zero-order valence-electron chi connectivity index (χ0n) is 11.3. The first-order valence-corrected chi connectivity index (χ1v) is 7.57. The van der Waals surface area contributed by atoms with Crippen LogP contribution in [-0.2, 0) is 4.79 Å². The van der Waals surface area contributed by atoms with Crippen LogP contribution in [0.25, 0.3) is 0 Å². The van der Waals surface area contributed by atoms with E-state index in [0.29, 0.717) is 10.2 Å². The zero-order chi connectivity index (χ0) is 13.9. The van der Waals surface area contributed by atoms with E-state index in [2.05, 4.69) is 13.8 Å². The van der Waals surface area contributed by atoms with Gasteiger partial charge in [0.1, 0.15) is 4.32 Å². The molecule has 1 unspecified atom stereocenters. The fraction of sp³-hybridized carbons (Fsp3) is 0.692. The summed E-state index contributed by atoms with van der Waals surface area (Å²) in [6.07, 6.45) is 1.23. The molecule has 5 heteroatoms. The fourth-order valence-corrected chi connectivity index (χ4v) is 3.50. The Morgan fingerprint density at radius 3 is 2.78 bits per heavy atom. The van der Waals surface area contributed by atoms with Crippen molar-refractivity contribution in [1.29, 1.82) is 0 Å². The Kier molecular flexibility index (Phi) is 5.82. The normalized spacial score (nSPS) is 22.8. The molecule has 0 aromatic heterocycles. The summed E-state index contributed by atoms with van der Waals surface area (Å²) in [5.41, 5.74) is 0.821. The first kappa shape index (κ1) is 15.7. The number of thioether (sulfide) groups is 1. The second-order valence-corrected chi connectivity index (χ2v) is 6.56. The number of carbonyl (C=O) groups excluding carboxylic acids is 1. The van der Waals surface area contributed by atoms with Crippen molar-refractivity contribution >= 4 is 34.2 Å². The van der Waals surface area contributed by atoms with Crippen molar-refractivity contribution in [3.8, 4) is 0 Å². The molecular formula is C13H21NO2S2. The number of hydrogen-bond acceptors (Lipinski definition) is 4. The molecule has 1 heterocycles. The standard InChI is InChI=1S/C13H21NO2S2/c1-5-9(4)11(15)6-12(16)14-10(8(2)3)7-18-13(14)17/h5,8,10-11,15H,6-7H2,1-4H3/b9-5-/t10-,11?/m1/s1. The van der Waals surface area contributed by atoms with Gasteiger partial charge in [-0.2, -0.15) is 0 Å². The third kappa shape index (κ3) is 3.56. The monoisotopic (exact) mass is 287 g/mol. The molecule has 18 heavy (non-hydrogen) atoms. The highest BCUT2D eigenvalue weighted by molar-refractivity contribution is 8.23. The summed E-state index contributed by atoms with van der Waals surface area (Å²) >= 11 is 6.78. The fourth-order valence-electron chi connectivity index (χ4n) is 1.83. The maximum atomic E-state index is 12.2. The molecule has 1 N–H and O–H groups in total. The molecule has 1 rings (SSSR count). The van der Waals surface area contributed by atoms with Crippen LogP contribution in [0.2, 0.25) is 0 Å². The number of aliphatic hydroxyl groups is 1. The van der Waals surface area contributed by atoms with Crippen LogP contribution in [0.3, 0.4) is 0 Å². The molecule has 1 aliphatic heterocycles. The number of nitrogens with zero attached hydrogens (tertiary/aromatic N) is 1. The highest BCUT2D eigenvalue weighted by Gasteiger charge is 2.36. The van der Waals surface area contributed by atoms with Gasteiger partial charge in [0, 0.05) is 11.8 Å². The lowest BCUT2D eigenvalue weighted by Crippen LogP contribution is -2.42. The van der Waals surface area contributed by atoms with Crippen molar-refractivity contribution in [1.82, 2.24) is 4.90 Å². The van der Waals surface area contributed by atoms with Gasteiger partial charge in [0.25, 0.3) is 0 Å². The molecule has 0 spiro atoms. The molecular weight excluding hydrogens is 266 g/mol. The third-order valence-corrected chi connectivity index (χ3v) is 4.80. The van der Waals surface area contributed by atoms with Gasteiger partial charge in [-0.3, -0.25) is 9.69 Å². The largest absolute Gasteiger partial charge is 0.388 e. The predicted octanol–water partition coefficient (Wildman–Crippen LogP) is 2.59. The van der Waals surface area contributed by atoms with E-state index in [1.165, 1.54) is 0 Å². The van der Waals surface area contributed by atoms with Gasteiger partial charge in [0.05, 0.1) is 12.5 Å². The van der Waals surface area contributed by atoms with Crippen molar-refractivity contribution in [2.75, 3.05) is 5.75 Å². The minimum Gasteiger partial charge on any atom is -0.388 e. The van der Waals surface area contributed by atoms with Crippen molar-refractivity contribution in [2.45, 2.75) is 46.3 Å². The number of amides is 1. The average molecular weight is 287 g/mol. The number of allylic oxidation sites excluding steroid dienone is 1. The zero-order valence-corrected chi connectivity index (χ0v) is 13.0. The van der Waals surface area contributed by atoms with E-state index in [0.717, 1.165) is 11.3 Å². The summed E-state index contributed by atoms with van der Waals surface area (Å²) in [5, 5.41) is 9.89.